The number of thiophene rings is 1. The van der Waals surface area contributed by atoms with Gasteiger partial charge in [0.2, 0.25) is 10.0 Å². The van der Waals surface area contributed by atoms with Crippen molar-refractivity contribution in [1.29, 1.82) is 0 Å². The molecule has 33 heavy (non-hydrogen) atoms. The lowest BCUT2D eigenvalue weighted by atomic mass is 10.2. The van der Waals surface area contributed by atoms with Crippen LogP contribution in [0.15, 0.2) is 70.9 Å². The van der Waals surface area contributed by atoms with Crippen molar-refractivity contribution in [2.24, 2.45) is 0 Å². The van der Waals surface area contributed by atoms with E-state index in [1.54, 1.807) is 32.5 Å². The van der Waals surface area contributed by atoms with Crippen molar-refractivity contribution in [3.8, 4) is 0 Å². The van der Waals surface area contributed by atoms with Crippen LogP contribution in [0.4, 0.5) is 5.00 Å². The first kappa shape index (κ1) is 24.6. The van der Waals surface area contributed by atoms with Gasteiger partial charge in [-0.3, -0.25) is 15.0 Å². The highest BCUT2D eigenvalue weighted by Gasteiger charge is 2.24. The van der Waals surface area contributed by atoms with Crippen LogP contribution < -0.4 is 10.7 Å². The number of carbonyl (C=O) groups is 2. The number of sulfonamides is 1. The molecule has 0 aliphatic heterocycles. The minimum absolute atomic E-state index is 0.110. The van der Waals surface area contributed by atoms with Gasteiger partial charge in [0.1, 0.15) is 5.00 Å². The Balaban J connectivity index is 1.74. The third-order valence-electron chi connectivity index (χ3n) is 4.77. The zero-order chi connectivity index (χ0) is 24.0. The molecule has 0 bridgehead atoms. The second-order valence-electron chi connectivity index (χ2n) is 7.39. The monoisotopic (exact) mass is 486 g/mol. The van der Waals surface area contributed by atoms with Crippen molar-refractivity contribution >= 4 is 38.2 Å². The van der Waals surface area contributed by atoms with Gasteiger partial charge in [0.25, 0.3) is 11.8 Å². The summed E-state index contributed by atoms with van der Waals surface area (Å²) in [6.07, 6.45) is 0. The van der Waals surface area contributed by atoms with E-state index >= 15 is 0 Å². The molecular formula is C23H26N4O4S2. The summed E-state index contributed by atoms with van der Waals surface area (Å²) in [5, 5.41) is 6.37. The molecule has 174 valence electrons. The summed E-state index contributed by atoms with van der Waals surface area (Å²) in [7, 11) is -0.341. The van der Waals surface area contributed by atoms with E-state index in [2.05, 4.69) is 10.7 Å². The lowest BCUT2D eigenvalue weighted by Crippen LogP contribution is -2.36. The molecule has 1 aromatic heterocycles. The highest BCUT2D eigenvalue weighted by atomic mass is 32.2. The number of hydrazine groups is 1. The molecule has 0 atom stereocenters. The van der Waals surface area contributed by atoms with Gasteiger partial charge in [0, 0.05) is 32.7 Å². The van der Waals surface area contributed by atoms with Crippen LogP contribution >= 0.6 is 11.3 Å². The van der Waals surface area contributed by atoms with E-state index in [9.17, 15) is 18.0 Å². The summed E-state index contributed by atoms with van der Waals surface area (Å²) >= 11 is 1.23. The number of nitrogens with zero attached hydrogens (tertiary/aromatic N) is 2. The van der Waals surface area contributed by atoms with Gasteiger partial charge in [-0.1, -0.05) is 37.3 Å². The first-order valence-corrected chi connectivity index (χ1v) is 12.6. The Bertz CT molecular complexity index is 1210. The first-order chi connectivity index (χ1) is 15.7. The van der Waals surface area contributed by atoms with Gasteiger partial charge < -0.3 is 5.32 Å². The van der Waals surface area contributed by atoms with Crippen LogP contribution in [0.25, 0.3) is 0 Å². The fourth-order valence-electron chi connectivity index (χ4n) is 3.10. The summed E-state index contributed by atoms with van der Waals surface area (Å²) in [6.45, 7) is 2.36. The van der Waals surface area contributed by atoms with Crippen LogP contribution in [-0.4, -0.2) is 50.2 Å². The van der Waals surface area contributed by atoms with Crippen molar-refractivity contribution in [3.05, 3.63) is 82.7 Å². The highest BCUT2D eigenvalue weighted by molar-refractivity contribution is 7.89. The molecule has 10 heteroatoms. The standard InChI is InChI=1S/C23H26N4O4S2/c1-4-27(16-17-8-6-5-7-9-17)33(30,31)19-12-10-18(11-13-19)21(28)24-23-20(14-15-32-23)22(29)25-26(2)3/h5-15H,4,16H2,1-3H3,(H,24,28)(H,25,29). The number of rotatable bonds is 9. The molecule has 3 rings (SSSR count). The van der Waals surface area contributed by atoms with Gasteiger partial charge >= 0.3 is 0 Å². The fraction of sp³-hybridized carbons (Fsp3) is 0.217. The summed E-state index contributed by atoms with van der Waals surface area (Å²) in [5.41, 5.74) is 4.16. The molecule has 0 saturated carbocycles. The fourth-order valence-corrected chi connectivity index (χ4v) is 5.32. The third-order valence-corrected chi connectivity index (χ3v) is 7.54. The van der Waals surface area contributed by atoms with Gasteiger partial charge in [-0.15, -0.1) is 11.3 Å². The van der Waals surface area contributed by atoms with E-state index in [0.29, 0.717) is 17.1 Å². The Morgan fingerprint density at radius 2 is 1.61 bits per heavy atom. The Morgan fingerprint density at radius 3 is 2.21 bits per heavy atom. The zero-order valence-corrected chi connectivity index (χ0v) is 20.2. The third kappa shape index (κ3) is 6.05. The summed E-state index contributed by atoms with van der Waals surface area (Å²) in [4.78, 5) is 25.1. The normalized spacial score (nSPS) is 11.5. The molecule has 0 fully saturated rings. The molecule has 2 amide bonds. The van der Waals surface area contributed by atoms with Gasteiger partial charge in [0.15, 0.2) is 0 Å². The maximum Gasteiger partial charge on any atom is 0.268 e. The number of hydrogen-bond acceptors (Lipinski definition) is 6. The van der Waals surface area contributed by atoms with Crippen LogP contribution in [0, 0.1) is 0 Å². The number of carbonyl (C=O) groups excluding carboxylic acids is 2. The molecule has 0 spiro atoms. The van der Waals surface area contributed by atoms with E-state index in [1.807, 2.05) is 30.3 Å². The number of hydrogen-bond donors (Lipinski definition) is 2. The van der Waals surface area contributed by atoms with Crippen molar-refractivity contribution in [2.45, 2.75) is 18.4 Å². The smallest absolute Gasteiger partial charge is 0.268 e. The zero-order valence-electron chi connectivity index (χ0n) is 18.6. The Morgan fingerprint density at radius 1 is 0.939 bits per heavy atom. The predicted molar refractivity (Wildman–Crippen MR) is 130 cm³/mol. The number of anilines is 1. The lowest BCUT2D eigenvalue weighted by Gasteiger charge is -2.20. The Kier molecular flexibility index (Phi) is 7.98. The van der Waals surface area contributed by atoms with Crippen molar-refractivity contribution in [3.63, 3.8) is 0 Å². The molecule has 0 aliphatic carbocycles. The van der Waals surface area contributed by atoms with Crippen LogP contribution in [0.1, 0.15) is 33.2 Å². The molecule has 2 aromatic carbocycles. The van der Waals surface area contributed by atoms with Gasteiger partial charge in [0.05, 0.1) is 10.5 Å². The molecule has 0 aliphatic rings. The molecule has 3 aromatic rings. The maximum absolute atomic E-state index is 13.1. The number of benzene rings is 2. The number of amides is 2. The molecule has 1 heterocycles. The average molecular weight is 487 g/mol. The lowest BCUT2D eigenvalue weighted by molar-refractivity contribution is 0.0858. The minimum atomic E-state index is -3.73. The maximum atomic E-state index is 13.1. The second-order valence-corrected chi connectivity index (χ2v) is 10.2. The molecule has 0 saturated heterocycles. The SMILES string of the molecule is CCN(Cc1ccccc1)S(=O)(=O)c1ccc(C(=O)Nc2sccc2C(=O)NN(C)C)cc1. The molecule has 0 radical (unpaired) electrons. The van der Waals surface area contributed by atoms with Crippen LogP contribution in [0.5, 0.6) is 0 Å². The average Bonchev–Trinajstić information content (AvgIpc) is 3.26. The quantitative estimate of drug-likeness (QED) is 0.452. The van der Waals surface area contributed by atoms with Gasteiger partial charge in [-0.05, 0) is 41.3 Å². The van der Waals surface area contributed by atoms with E-state index < -0.39 is 15.9 Å². The van der Waals surface area contributed by atoms with Crippen LogP contribution in [-0.2, 0) is 16.6 Å². The summed E-state index contributed by atoms with van der Waals surface area (Å²) in [6, 6.07) is 16.8. The molecule has 8 nitrogen and oxygen atoms in total. The van der Waals surface area contributed by atoms with Gasteiger partial charge in [-0.25, -0.2) is 13.4 Å². The Labute approximate surface area is 197 Å². The largest absolute Gasteiger partial charge is 0.313 e. The summed E-state index contributed by atoms with van der Waals surface area (Å²) in [5.74, 6) is -0.770. The molecule has 0 unspecified atom stereocenters. The van der Waals surface area contributed by atoms with Crippen LogP contribution in [0.3, 0.4) is 0 Å². The summed E-state index contributed by atoms with van der Waals surface area (Å²) < 4.78 is 27.6. The van der Waals surface area contributed by atoms with E-state index in [-0.39, 0.29) is 22.9 Å². The van der Waals surface area contributed by atoms with Crippen LogP contribution in [0.2, 0.25) is 0 Å². The van der Waals surface area contributed by atoms with Crippen molar-refractivity contribution < 1.29 is 18.0 Å². The van der Waals surface area contributed by atoms with Crippen molar-refractivity contribution in [1.82, 2.24) is 14.7 Å². The van der Waals surface area contributed by atoms with Gasteiger partial charge in [-0.2, -0.15) is 4.31 Å². The Hall–Kier alpha value is -3.05. The van der Waals surface area contributed by atoms with Crippen molar-refractivity contribution in [2.75, 3.05) is 26.0 Å². The topological polar surface area (TPSA) is 98.8 Å². The second kappa shape index (κ2) is 10.7. The number of nitrogens with one attached hydrogen (secondary N) is 2. The molecule has 2 N–H and O–H groups in total. The predicted octanol–water partition coefficient (Wildman–Crippen LogP) is 3.42. The highest BCUT2D eigenvalue weighted by Crippen LogP contribution is 2.25. The molecular weight excluding hydrogens is 460 g/mol. The first-order valence-electron chi connectivity index (χ1n) is 10.2. The van der Waals surface area contributed by atoms with E-state index in [4.69, 9.17) is 0 Å². The van der Waals surface area contributed by atoms with E-state index in [0.717, 1.165) is 5.56 Å². The minimum Gasteiger partial charge on any atom is -0.313 e. The van der Waals surface area contributed by atoms with E-state index in [1.165, 1.54) is 44.9 Å².